The molecule has 20 heavy (non-hydrogen) atoms. The molecule has 0 saturated heterocycles. The zero-order valence-corrected chi connectivity index (χ0v) is 12.4. The molecule has 0 spiro atoms. The quantitative estimate of drug-likeness (QED) is 0.684. The zero-order valence-electron chi connectivity index (χ0n) is 11.5. The molecule has 0 bridgehead atoms. The molecule has 1 aliphatic carbocycles. The van der Waals surface area contributed by atoms with Crippen LogP contribution < -0.4 is 5.32 Å². The number of hydrogen-bond acceptors (Lipinski definition) is 5. The fourth-order valence-electron chi connectivity index (χ4n) is 2.17. The summed E-state index contributed by atoms with van der Waals surface area (Å²) in [5, 5.41) is 5.11. The number of nitrogens with one attached hydrogen (secondary N) is 1. The van der Waals surface area contributed by atoms with Crippen molar-refractivity contribution in [3.05, 3.63) is 23.7 Å². The number of allylic oxidation sites excluding steroid dienone is 2. The summed E-state index contributed by atoms with van der Waals surface area (Å²) < 4.78 is 5.24. The van der Waals surface area contributed by atoms with Crippen LogP contribution >= 0.6 is 11.3 Å². The van der Waals surface area contributed by atoms with Crippen molar-refractivity contribution in [1.29, 1.82) is 0 Å². The standard InChI is InChI=1S/C14H18N2O3S/c1-9(2)19-13(18)11-6-4-3-5-10(11)12(17)16-14-15-7-8-20-14/h3-4,7-11H,5-6H2,1-2H3,(H,15,16,17)/t10-,11+/m1/s1. The highest BCUT2D eigenvalue weighted by Crippen LogP contribution is 2.28. The second-order valence-electron chi connectivity index (χ2n) is 4.97. The van der Waals surface area contributed by atoms with Gasteiger partial charge in [-0.3, -0.25) is 9.59 Å². The minimum absolute atomic E-state index is 0.170. The Morgan fingerprint density at radius 2 is 2.05 bits per heavy atom. The molecule has 0 aliphatic heterocycles. The van der Waals surface area contributed by atoms with Gasteiger partial charge in [-0.25, -0.2) is 4.98 Å². The Balaban J connectivity index is 2.05. The number of anilines is 1. The van der Waals surface area contributed by atoms with Crippen LogP contribution in [-0.4, -0.2) is 23.0 Å². The number of nitrogens with zero attached hydrogens (tertiary/aromatic N) is 1. The molecule has 1 aromatic rings. The number of esters is 1. The maximum atomic E-state index is 12.3. The highest BCUT2D eigenvalue weighted by atomic mass is 32.1. The van der Waals surface area contributed by atoms with Crippen LogP contribution in [0.2, 0.25) is 0 Å². The minimum Gasteiger partial charge on any atom is -0.463 e. The normalized spacial score (nSPS) is 21.8. The predicted molar refractivity (Wildman–Crippen MR) is 77.3 cm³/mol. The molecule has 1 amide bonds. The van der Waals surface area contributed by atoms with Gasteiger partial charge in [-0.2, -0.15) is 0 Å². The summed E-state index contributed by atoms with van der Waals surface area (Å²) in [4.78, 5) is 28.4. The van der Waals surface area contributed by atoms with Gasteiger partial charge in [0.05, 0.1) is 17.9 Å². The lowest BCUT2D eigenvalue weighted by Gasteiger charge is -2.26. The number of carbonyl (C=O) groups excluding carboxylic acids is 2. The van der Waals surface area contributed by atoms with Gasteiger partial charge in [0.1, 0.15) is 0 Å². The van der Waals surface area contributed by atoms with Crippen molar-refractivity contribution in [2.45, 2.75) is 32.8 Å². The van der Waals surface area contributed by atoms with Gasteiger partial charge in [0.15, 0.2) is 5.13 Å². The van der Waals surface area contributed by atoms with Crippen molar-refractivity contribution >= 4 is 28.3 Å². The second-order valence-corrected chi connectivity index (χ2v) is 5.86. The summed E-state index contributed by atoms with van der Waals surface area (Å²) in [6.45, 7) is 3.61. The van der Waals surface area contributed by atoms with Crippen LogP contribution in [0.5, 0.6) is 0 Å². The maximum Gasteiger partial charge on any atom is 0.310 e. The molecular formula is C14H18N2O3S. The maximum absolute atomic E-state index is 12.3. The van der Waals surface area contributed by atoms with Crippen LogP contribution in [0.4, 0.5) is 5.13 Å². The summed E-state index contributed by atoms with van der Waals surface area (Å²) in [6, 6.07) is 0. The Morgan fingerprint density at radius 3 is 2.65 bits per heavy atom. The van der Waals surface area contributed by atoms with Crippen molar-refractivity contribution in [3.8, 4) is 0 Å². The summed E-state index contributed by atoms with van der Waals surface area (Å²) in [5.74, 6) is -1.28. The van der Waals surface area contributed by atoms with E-state index >= 15 is 0 Å². The van der Waals surface area contributed by atoms with E-state index in [9.17, 15) is 9.59 Å². The third-order valence-corrected chi connectivity index (χ3v) is 3.77. The summed E-state index contributed by atoms with van der Waals surface area (Å²) in [5.41, 5.74) is 0. The number of carbonyl (C=O) groups is 2. The van der Waals surface area contributed by atoms with Crippen LogP contribution in [0.3, 0.4) is 0 Å². The smallest absolute Gasteiger partial charge is 0.310 e. The van der Waals surface area contributed by atoms with Crippen LogP contribution in [0.1, 0.15) is 26.7 Å². The van der Waals surface area contributed by atoms with Crippen LogP contribution in [0.25, 0.3) is 0 Å². The lowest BCUT2D eigenvalue weighted by atomic mass is 9.82. The highest BCUT2D eigenvalue weighted by Gasteiger charge is 2.35. The highest BCUT2D eigenvalue weighted by molar-refractivity contribution is 7.13. The van der Waals surface area contributed by atoms with Crippen LogP contribution in [0.15, 0.2) is 23.7 Å². The van der Waals surface area contributed by atoms with Crippen LogP contribution in [0, 0.1) is 11.8 Å². The van der Waals surface area contributed by atoms with E-state index in [1.165, 1.54) is 11.3 Å². The Morgan fingerprint density at radius 1 is 1.35 bits per heavy atom. The molecule has 1 N–H and O–H groups in total. The van der Waals surface area contributed by atoms with Gasteiger partial charge in [-0.1, -0.05) is 12.2 Å². The number of hydrogen-bond donors (Lipinski definition) is 1. The van der Waals surface area contributed by atoms with E-state index in [4.69, 9.17) is 4.74 Å². The molecule has 0 aromatic carbocycles. The van der Waals surface area contributed by atoms with E-state index in [0.717, 1.165) is 0 Å². The SMILES string of the molecule is CC(C)OC(=O)[C@H]1CC=CC[C@H]1C(=O)Nc1nccs1. The number of ether oxygens (including phenoxy) is 1. The average Bonchev–Trinajstić information content (AvgIpc) is 2.90. The Hall–Kier alpha value is -1.69. The molecule has 0 saturated carbocycles. The largest absolute Gasteiger partial charge is 0.463 e. The summed E-state index contributed by atoms with van der Waals surface area (Å²) in [6.07, 6.45) is 6.42. The van der Waals surface area contributed by atoms with E-state index < -0.39 is 11.8 Å². The van der Waals surface area contributed by atoms with Crippen molar-refractivity contribution in [2.75, 3.05) is 5.32 Å². The van der Waals surface area contributed by atoms with Gasteiger partial charge in [-0.15, -0.1) is 11.3 Å². The molecule has 5 nitrogen and oxygen atoms in total. The Labute approximate surface area is 122 Å². The van der Waals surface area contributed by atoms with Gasteiger partial charge in [-0.05, 0) is 26.7 Å². The lowest BCUT2D eigenvalue weighted by molar-refractivity contribution is -0.156. The van der Waals surface area contributed by atoms with E-state index in [1.807, 2.05) is 12.2 Å². The number of amides is 1. The monoisotopic (exact) mass is 294 g/mol. The molecule has 2 rings (SSSR count). The van der Waals surface area contributed by atoms with E-state index in [-0.39, 0.29) is 18.0 Å². The fraction of sp³-hybridized carbons (Fsp3) is 0.500. The number of rotatable bonds is 4. The lowest BCUT2D eigenvalue weighted by Crippen LogP contribution is -2.36. The second kappa shape index (κ2) is 6.65. The molecule has 0 radical (unpaired) electrons. The third-order valence-electron chi connectivity index (χ3n) is 3.09. The molecule has 6 heteroatoms. The molecule has 2 atom stereocenters. The predicted octanol–water partition coefficient (Wildman–Crippen LogP) is 2.62. The first-order chi connectivity index (χ1) is 9.58. The van der Waals surface area contributed by atoms with E-state index in [1.54, 1.807) is 25.4 Å². The summed E-state index contributed by atoms with van der Waals surface area (Å²) in [7, 11) is 0. The fourth-order valence-corrected chi connectivity index (χ4v) is 2.70. The first-order valence-corrected chi connectivity index (χ1v) is 7.51. The zero-order chi connectivity index (χ0) is 14.5. The summed E-state index contributed by atoms with van der Waals surface area (Å²) >= 11 is 1.36. The number of thiazole rings is 1. The first kappa shape index (κ1) is 14.7. The third kappa shape index (κ3) is 3.66. The molecule has 108 valence electrons. The van der Waals surface area contributed by atoms with Crippen molar-refractivity contribution in [1.82, 2.24) is 4.98 Å². The van der Waals surface area contributed by atoms with Crippen molar-refractivity contribution < 1.29 is 14.3 Å². The molecule has 1 aromatic heterocycles. The Kier molecular flexibility index (Phi) is 4.89. The molecule has 0 fully saturated rings. The van der Waals surface area contributed by atoms with Crippen molar-refractivity contribution in [2.24, 2.45) is 11.8 Å². The van der Waals surface area contributed by atoms with Gasteiger partial charge in [0.2, 0.25) is 5.91 Å². The molecule has 1 aliphatic rings. The van der Waals surface area contributed by atoms with Gasteiger partial charge in [0.25, 0.3) is 0 Å². The molecular weight excluding hydrogens is 276 g/mol. The Bertz CT molecular complexity index is 497. The van der Waals surface area contributed by atoms with Crippen molar-refractivity contribution in [3.63, 3.8) is 0 Å². The molecule has 1 heterocycles. The van der Waals surface area contributed by atoms with Crippen LogP contribution in [-0.2, 0) is 14.3 Å². The van der Waals surface area contributed by atoms with E-state index in [2.05, 4.69) is 10.3 Å². The molecule has 0 unspecified atom stereocenters. The van der Waals surface area contributed by atoms with Gasteiger partial charge >= 0.3 is 5.97 Å². The van der Waals surface area contributed by atoms with Gasteiger partial charge in [0, 0.05) is 11.6 Å². The van der Waals surface area contributed by atoms with E-state index in [0.29, 0.717) is 18.0 Å². The number of aromatic nitrogens is 1. The first-order valence-electron chi connectivity index (χ1n) is 6.63. The average molecular weight is 294 g/mol. The van der Waals surface area contributed by atoms with Gasteiger partial charge < -0.3 is 10.1 Å². The topological polar surface area (TPSA) is 68.3 Å². The minimum atomic E-state index is -0.414.